The maximum absolute atomic E-state index is 13.1. The van der Waals surface area contributed by atoms with Gasteiger partial charge in [0.2, 0.25) is 5.43 Å². The van der Waals surface area contributed by atoms with Crippen LogP contribution in [0.1, 0.15) is 25.2 Å². The van der Waals surface area contributed by atoms with Gasteiger partial charge in [0.1, 0.15) is 17.1 Å². The summed E-state index contributed by atoms with van der Waals surface area (Å²) in [7, 11) is 0. The molecule has 0 radical (unpaired) electrons. The minimum Gasteiger partial charge on any atom is -0.460 e. The molecule has 0 atom stereocenters. The van der Waals surface area contributed by atoms with Crippen molar-refractivity contribution >= 4 is 32.9 Å². The second-order valence-corrected chi connectivity index (χ2v) is 6.69. The third-order valence-corrected chi connectivity index (χ3v) is 4.55. The molecule has 0 saturated carbocycles. The van der Waals surface area contributed by atoms with Crippen LogP contribution in [0.15, 0.2) is 50.1 Å². The van der Waals surface area contributed by atoms with E-state index in [4.69, 9.17) is 9.15 Å². The Hall–Kier alpha value is -2.40. The van der Waals surface area contributed by atoms with Gasteiger partial charge in [0.05, 0.1) is 10.9 Å². The standard InChI is InChI=1S/C20H17BrO4/c1-4-13-9-16-18(10-17(13)25-12(3)22)24-11(2)19(20(16)23)14-5-7-15(21)8-6-14/h5-10H,4H2,1-3H3. The predicted octanol–water partition coefficient (Wildman–Crippen LogP) is 5.02. The van der Waals surface area contributed by atoms with Crippen LogP contribution in [0.5, 0.6) is 5.75 Å². The van der Waals surface area contributed by atoms with E-state index in [0.717, 1.165) is 15.6 Å². The minimum atomic E-state index is -0.403. The molecule has 0 saturated heterocycles. The molecule has 0 N–H and O–H groups in total. The van der Waals surface area contributed by atoms with E-state index in [0.29, 0.717) is 34.5 Å². The van der Waals surface area contributed by atoms with Crippen molar-refractivity contribution < 1.29 is 13.9 Å². The van der Waals surface area contributed by atoms with E-state index in [1.807, 2.05) is 31.2 Å². The Kier molecular flexibility index (Phi) is 4.77. The van der Waals surface area contributed by atoms with Gasteiger partial charge in [-0.3, -0.25) is 9.59 Å². The molecule has 3 rings (SSSR count). The van der Waals surface area contributed by atoms with Crippen LogP contribution < -0.4 is 10.2 Å². The van der Waals surface area contributed by atoms with Crippen LogP contribution in [-0.4, -0.2) is 5.97 Å². The fourth-order valence-electron chi connectivity index (χ4n) is 2.86. The van der Waals surface area contributed by atoms with E-state index in [1.54, 1.807) is 19.1 Å². The van der Waals surface area contributed by atoms with Crippen LogP contribution in [0.3, 0.4) is 0 Å². The van der Waals surface area contributed by atoms with Crippen molar-refractivity contribution in [1.29, 1.82) is 0 Å². The van der Waals surface area contributed by atoms with Crippen molar-refractivity contribution in [1.82, 2.24) is 0 Å². The Morgan fingerprint density at radius 3 is 2.48 bits per heavy atom. The molecule has 2 aromatic carbocycles. The molecule has 0 aliphatic heterocycles. The lowest BCUT2D eigenvalue weighted by Crippen LogP contribution is -2.09. The van der Waals surface area contributed by atoms with Gasteiger partial charge in [-0.15, -0.1) is 0 Å². The second-order valence-electron chi connectivity index (χ2n) is 5.77. The molecule has 0 fully saturated rings. The zero-order chi connectivity index (χ0) is 18.1. The lowest BCUT2D eigenvalue weighted by Gasteiger charge is -2.11. The number of halogens is 1. The van der Waals surface area contributed by atoms with Crippen molar-refractivity contribution in [3.8, 4) is 16.9 Å². The Morgan fingerprint density at radius 1 is 1.20 bits per heavy atom. The lowest BCUT2D eigenvalue weighted by atomic mass is 10.0. The Balaban J connectivity index is 2.27. The molecule has 5 heteroatoms. The van der Waals surface area contributed by atoms with Gasteiger partial charge in [0, 0.05) is 17.5 Å². The number of carbonyl (C=O) groups excluding carboxylic acids is 1. The van der Waals surface area contributed by atoms with Crippen LogP contribution in [0.25, 0.3) is 22.1 Å². The first-order valence-corrected chi connectivity index (χ1v) is 8.74. The number of rotatable bonds is 3. The molecule has 1 aromatic heterocycles. The fraction of sp³-hybridized carbons (Fsp3) is 0.200. The summed E-state index contributed by atoms with van der Waals surface area (Å²) in [5.74, 6) is 0.555. The van der Waals surface area contributed by atoms with E-state index in [-0.39, 0.29) is 5.43 Å². The number of ether oxygens (including phenoxy) is 1. The van der Waals surface area contributed by atoms with Crippen LogP contribution in [0.4, 0.5) is 0 Å². The first-order chi connectivity index (χ1) is 11.9. The van der Waals surface area contributed by atoms with Gasteiger partial charge in [-0.2, -0.15) is 0 Å². The molecule has 3 aromatic rings. The molecule has 0 aliphatic rings. The van der Waals surface area contributed by atoms with E-state index < -0.39 is 5.97 Å². The number of fused-ring (bicyclic) bond motifs is 1. The summed E-state index contributed by atoms with van der Waals surface area (Å²) >= 11 is 3.40. The summed E-state index contributed by atoms with van der Waals surface area (Å²) in [6.45, 7) is 5.05. The van der Waals surface area contributed by atoms with E-state index in [1.165, 1.54) is 6.92 Å². The maximum atomic E-state index is 13.1. The fourth-order valence-corrected chi connectivity index (χ4v) is 3.12. The van der Waals surface area contributed by atoms with E-state index in [9.17, 15) is 9.59 Å². The first kappa shape index (κ1) is 17.4. The molecule has 25 heavy (non-hydrogen) atoms. The van der Waals surface area contributed by atoms with Gasteiger partial charge in [-0.05, 0) is 42.7 Å². The lowest BCUT2D eigenvalue weighted by molar-refractivity contribution is -0.131. The molecule has 0 spiro atoms. The summed E-state index contributed by atoms with van der Waals surface area (Å²) in [5.41, 5.74) is 2.46. The van der Waals surface area contributed by atoms with Crippen LogP contribution in [-0.2, 0) is 11.2 Å². The van der Waals surface area contributed by atoms with Gasteiger partial charge in [-0.25, -0.2) is 0 Å². The highest BCUT2D eigenvalue weighted by molar-refractivity contribution is 9.10. The summed E-state index contributed by atoms with van der Waals surface area (Å²) < 4.78 is 12.1. The largest absolute Gasteiger partial charge is 0.460 e. The van der Waals surface area contributed by atoms with Gasteiger partial charge >= 0.3 is 5.97 Å². The van der Waals surface area contributed by atoms with Crippen molar-refractivity contribution in [3.05, 3.63) is 62.4 Å². The highest BCUT2D eigenvalue weighted by Gasteiger charge is 2.16. The summed E-state index contributed by atoms with van der Waals surface area (Å²) in [6.07, 6.45) is 0.638. The third kappa shape index (κ3) is 3.37. The quantitative estimate of drug-likeness (QED) is 0.457. The number of benzene rings is 2. The molecule has 0 amide bonds. The molecule has 4 nitrogen and oxygen atoms in total. The highest BCUT2D eigenvalue weighted by atomic mass is 79.9. The van der Waals surface area contributed by atoms with Crippen molar-refractivity contribution in [2.75, 3.05) is 0 Å². The van der Waals surface area contributed by atoms with E-state index >= 15 is 0 Å². The highest BCUT2D eigenvalue weighted by Crippen LogP contribution is 2.30. The zero-order valence-electron chi connectivity index (χ0n) is 14.2. The van der Waals surface area contributed by atoms with Crippen molar-refractivity contribution in [2.45, 2.75) is 27.2 Å². The average molecular weight is 401 g/mol. The summed E-state index contributed by atoms with van der Waals surface area (Å²) in [6, 6.07) is 10.9. The Labute approximate surface area is 153 Å². The number of hydrogen-bond acceptors (Lipinski definition) is 4. The second kappa shape index (κ2) is 6.84. The number of hydrogen-bond donors (Lipinski definition) is 0. The van der Waals surface area contributed by atoms with Crippen molar-refractivity contribution in [3.63, 3.8) is 0 Å². The predicted molar refractivity (Wildman–Crippen MR) is 101 cm³/mol. The van der Waals surface area contributed by atoms with Gasteiger partial charge in [-0.1, -0.05) is 35.0 Å². The minimum absolute atomic E-state index is 0.0925. The number of aryl methyl sites for hydroxylation is 2. The van der Waals surface area contributed by atoms with Crippen LogP contribution in [0, 0.1) is 6.92 Å². The molecule has 1 heterocycles. The normalized spacial score (nSPS) is 10.9. The average Bonchev–Trinajstić information content (AvgIpc) is 2.55. The monoisotopic (exact) mass is 400 g/mol. The Bertz CT molecular complexity index is 1020. The third-order valence-electron chi connectivity index (χ3n) is 4.02. The van der Waals surface area contributed by atoms with Crippen LogP contribution in [0.2, 0.25) is 0 Å². The SMILES string of the molecule is CCc1cc2c(=O)c(-c3ccc(Br)cc3)c(C)oc2cc1OC(C)=O. The van der Waals surface area contributed by atoms with E-state index in [2.05, 4.69) is 15.9 Å². The molecular formula is C20H17BrO4. The van der Waals surface area contributed by atoms with Gasteiger partial charge in [0.15, 0.2) is 0 Å². The van der Waals surface area contributed by atoms with Gasteiger partial charge < -0.3 is 9.15 Å². The molecular weight excluding hydrogens is 384 g/mol. The number of esters is 1. The van der Waals surface area contributed by atoms with Gasteiger partial charge in [0.25, 0.3) is 0 Å². The molecule has 128 valence electrons. The maximum Gasteiger partial charge on any atom is 0.308 e. The number of carbonyl (C=O) groups is 1. The Morgan fingerprint density at radius 2 is 1.88 bits per heavy atom. The van der Waals surface area contributed by atoms with Crippen LogP contribution >= 0.6 is 15.9 Å². The molecule has 0 unspecified atom stereocenters. The molecule has 0 bridgehead atoms. The summed E-state index contributed by atoms with van der Waals surface area (Å²) in [4.78, 5) is 24.4. The smallest absolute Gasteiger partial charge is 0.308 e. The first-order valence-electron chi connectivity index (χ1n) is 7.95. The molecule has 0 aliphatic carbocycles. The summed E-state index contributed by atoms with van der Waals surface area (Å²) in [5, 5.41) is 0.483. The zero-order valence-corrected chi connectivity index (χ0v) is 15.8. The van der Waals surface area contributed by atoms with Crippen molar-refractivity contribution in [2.24, 2.45) is 0 Å². The topological polar surface area (TPSA) is 56.5 Å².